The number of nitrogens with zero attached hydrogens (tertiary/aromatic N) is 1. The maximum Gasteiger partial charge on any atom is 0.0334 e. The van der Waals surface area contributed by atoms with Gasteiger partial charge in [-0.1, -0.05) is 40.5 Å². The Morgan fingerprint density at radius 2 is 1.80 bits per heavy atom. The average Bonchev–Trinajstić information content (AvgIpc) is 2.38. The fourth-order valence-electron chi connectivity index (χ4n) is 4.52. The first-order chi connectivity index (χ1) is 9.37. The van der Waals surface area contributed by atoms with E-state index >= 15 is 0 Å². The molecule has 1 aliphatic carbocycles. The molecule has 118 valence electrons. The molecule has 2 unspecified atom stereocenters. The molecule has 0 aromatic heterocycles. The largest absolute Gasteiger partial charge is 0.329 e. The van der Waals surface area contributed by atoms with Crippen LogP contribution in [0.3, 0.4) is 0 Å². The molecule has 1 aliphatic heterocycles. The Labute approximate surface area is 126 Å². The highest BCUT2D eigenvalue weighted by Gasteiger charge is 2.42. The van der Waals surface area contributed by atoms with Gasteiger partial charge in [-0.2, -0.15) is 0 Å². The quantitative estimate of drug-likeness (QED) is 0.842. The van der Waals surface area contributed by atoms with Crippen molar-refractivity contribution >= 4 is 0 Å². The van der Waals surface area contributed by atoms with Gasteiger partial charge in [0.05, 0.1) is 0 Å². The Kier molecular flexibility index (Phi) is 5.18. The van der Waals surface area contributed by atoms with Crippen molar-refractivity contribution in [1.29, 1.82) is 0 Å². The summed E-state index contributed by atoms with van der Waals surface area (Å²) in [6, 6.07) is 0. The van der Waals surface area contributed by atoms with Gasteiger partial charge in [0.15, 0.2) is 0 Å². The minimum atomic E-state index is 0.328. The van der Waals surface area contributed by atoms with Crippen LogP contribution >= 0.6 is 0 Å². The summed E-state index contributed by atoms with van der Waals surface area (Å²) in [5.74, 6) is 1.73. The molecule has 2 heteroatoms. The summed E-state index contributed by atoms with van der Waals surface area (Å²) < 4.78 is 0. The van der Waals surface area contributed by atoms with Crippen molar-refractivity contribution in [3.63, 3.8) is 0 Å². The highest BCUT2D eigenvalue weighted by Crippen LogP contribution is 2.42. The van der Waals surface area contributed by atoms with Gasteiger partial charge in [0, 0.05) is 12.1 Å². The lowest BCUT2D eigenvalue weighted by Crippen LogP contribution is -2.59. The third kappa shape index (κ3) is 3.76. The third-order valence-electron chi connectivity index (χ3n) is 5.90. The molecule has 2 aliphatic rings. The number of hydrogen-bond donors (Lipinski definition) is 1. The van der Waals surface area contributed by atoms with Crippen LogP contribution in [0.15, 0.2) is 0 Å². The Hall–Kier alpha value is -0.0800. The lowest BCUT2D eigenvalue weighted by molar-refractivity contribution is -0.00722. The zero-order valence-corrected chi connectivity index (χ0v) is 14.3. The lowest BCUT2D eigenvalue weighted by atomic mass is 9.70. The van der Waals surface area contributed by atoms with E-state index in [2.05, 4.69) is 32.6 Å². The topological polar surface area (TPSA) is 29.3 Å². The van der Waals surface area contributed by atoms with E-state index in [1.54, 1.807) is 0 Å². The van der Waals surface area contributed by atoms with Crippen molar-refractivity contribution < 1.29 is 0 Å². The standard InChI is InChI=1S/C18H36N2/c1-15(2)12-16-6-5-7-18(13-16,14-19)20-10-8-17(3,4)9-11-20/h15-16H,5-14,19H2,1-4H3. The van der Waals surface area contributed by atoms with Gasteiger partial charge in [0.2, 0.25) is 0 Å². The van der Waals surface area contributed by atoms with Crippen LogP contribution in [0.25, 0.3) is 0 Å². The first-order valence-corrected chi connectivity index (χ1v) is 8.82. The highest BCUT2D eigenvalue weighted by molar-refractivity contribution is 4.99. The Morgan fingerprint density at radius 1 is 1.15 bits per heavy atom. The summed E-state index contributed by atoms with van der Waals surface area (Å²) in [4.78, 5) is 2.77. The van der Waals surface area contributed by atoms with Crippen LogP contribution < -0.4 is 5.73 Å². The minimum Gasteiger partial charge on any atom is -0.329 e. The van der Waals surface area contributed by atoms with Crippen LogP contribution in [-0.4, -0.2) is 30.1 Å². The number of rotatable bonds is 4. The summed E-state index contributed by atoms with van der Waals surface area (Å²) in [5, 5.41) is 0. The average molecular weight is 280 g/mol. The first-order valence-electron chi connectivity index (χ1n) is 8.82. The monoisotopic (exact) mass is 280 g/mol. The second-order valence-electron chi connectivity index (χ2n) is 8.67. The van der Waals surface area contributed by atoms with Crippen molar-refractivity contribution in [3.8, 4) is 0 Å². The van der Waals surface area contributed by atoms with E-state index in [0.717, 1.165) is 18.4 Å². The van der Waals surface area contributed by atoms with Gasteiger partial charge in [-0.3, -0.25) is 4.90 Å². The maximum atomic E-state index is 6.29. The predicted molar refractivity (Wildman–Crippen MR) is 87.8 cm³/mol. The van der Waals surface area contributed by atoms with Crippen LogP contribution in [0, 0.1) is 17.3 Å². The SMILES string of the molecule is CC(C)CC1CCCC(CN)(N2CCC(C)(C)CC2)C1. The van der Waals surface area contributed by atoms with Crippen LogP contribution in [0.2, 0.25) is 0 Å². The van der Waals surface area contributed by atoms with Crippen LogP contribution in [0.5, 0.6) is 0 Å². The molecule has 0 aromatic carbocycles. The smallest absolute Gasteiger partial charge is 0.0334 e. The van der Waals surface area contributed by atoms with Crippen LogP contribution in [0.4, 0.5) is 0 Å². The molecule has 20 heavy (non-hydrogen) atoms. The van der Waals surface area contributed by atoms with Crippen molar-refractivity contribution in [3.05, 3.63) is 0 Å². The fraction of sp³-hybridized carbons (Fsp3) is 1.00. The Bertz CT molecular complexity index is 301. The zero-order valence-electron chi connectivity index (χ0n) is 14.3. The van der Waals surface area contributed by atoms with E-state index in [1.807, 2.05) is 0 Å². The molecule has 0 radical (unpaired) electrons. The summed E-state index contributed by atoms with van der Waals surface area (Å²) in [7, 11) is 0. The summed E-state index contributed by atoms with van der Waals surface area (Å²) in [6.07, 6.45) is 9.56. The number of hydrogen-bond acceptors (Lipinski definition) is 2. The van der Waals surface area contributed by atoms with E-state index in [0.29, 0.717) is 11.0 Å². The minimum absolute atomic E-state index is 0.328. The molecular weight excluding hydrogens is 244 g/mol. The Morgan fingerprint density at radius 3 is 2.35 bits per heavy atom. The lowest BCUT2D eigenvalue weighted by Gasteiger charge is -2.52. The van der Waals surface area contributed by atoms with E-state index in [-0.39, 0.29) is 0 Å². The van der Waals surface area contributed by atoms with Crippen molar-refractivity contribution in [1.82, 2.24) is 4.90 Å². The van der Waals surface area contributed by atoms with E-state index < -0.39 is 0 Å². The predicted octanol–water partition coefficient (Wildman–Crippen LogP) is 4.04. The number of piperidine rings is 1. The summed E-state index contributed by atoms with van der Waals surface area (Å²) in [5.41, 5.74) is 7.16. The molecule has 0 amide bonds. The molecule has 2 nitrogen and oxygen atoms in total. The van der Waals surface area contributed by atoms with Crippen LogP contribution in [-0.2, 0) is 0 Å². The molecule has 2 N–H and O–H groups in total. The molecule has 0 aromatic rings. The van der Waals surface area contributed by atoms with Gasteiger partial charge in [0.1, 0.15) is 0 Å². The number of likely N-dealkylation sites (tertiary alicyclic amines) is 1. The normalized spacial score (nSPS) is 35.4. The molecule has 2 atom stereocenters. The highest BCUT2D eigenvalue weighted by atomic mass is 15.2. The van der Waals surface area contributed by atoms with E-state index in [1.165, 1.54) is 58.0 Å². The van der Waals surface area contributed by atoms with Gasteiger partial charge in [-0.05, 0) is 62.4 Å². The van der Waals surface area contributed by atoms with E-state index in [4.69, 9.17) is 5.73 Å². The second-order valence-corrected chi connectivity index (χ2v) is 8.67. The fourth-order valence-corrected chi connectivity index (χ4v) is 4.52. The summed E-state index contributed by atoms with van der Waals surface area (Å²) >= 11 is 0. The molecule has 0 bridgehead atoms. The second kappa shape index (κ2) is 6.36. The third-order valence-corrected chi connectivity index (χ3v) is 5.90. The molecule has 0 spiro atoms. The molecular formula is C18H36N2. The molecule has 2 rings (SSSR count). The van der Waals surface area contributed by atoms with E-state index in [9.17, 15) is 0 Å². The molecule has 1 saturated carbocycles. The van der Waals surface area contributed by atoms with Crippen molar-refractivity contribution in [2.45, 2.75) is 78.2 Å². The zero-order chi connectivity index (χ0) is 14.8. The van der Waals surface area contributed by atoms with Crippen molar-refractivity contribution in [2.75, 3.05) is 19.6 Å². The first kappa shape index (κ1) is 16.3. The van der Waals surface area contributed by atoms with Gasteiger partial charge in [0.25, 0.3) is 0 Å². The molecule has 1 heterocycles. The maximum absolute atomic E-state index is 6.29. The molecule has 2 fully saturated rings. The summed E-state index contributed by atoms with van der Waals surface area (Å²) in [6.45, 7) is 13.0. The van der Waals surface area contributed by atoms with Crippen molar-refractivity contribution in [2.24, 2.45) is 23.0 Å². The van der Waals surface area contributed by atoms with Gasteiger partial charge in [-0.25, -0.2) is 0 Å². The number of nitrogens with two attached hydrogens (primary N) is 1. The van der Waals surface area contributed by atoms with Gasteiger partial charge < -0.3 is 5.73 Å². The van der Waals surface area contributed by atoms with Crippen LogP contribution in [0.1, 0.15) is 72.6 Å². The van der Waals surface area contributed by atoms with Gasteiger partial charge in [-0.15, -0.1) is 0 Å². The van der Waals surface area contributed by atoms with Gasteiger partial charge >= 0.3 is 0 Å². The Balaban J connectivity index is 2.01. The molecule has 1 saturated heterocycles.